The Morgan fingerprint density at radius 1 is 1.25 bits per heavy atom. The van der Waals surface area contributed by atoms with E-state index >= 15 is 0 Å². The summed E-state index contributed by atoms with van der Waals surface area (Å²) < 4.78 is 33.8. The summed E-state index contributed by atoms with van der Waals surface area (Å²) in [6.07, 6.45) is 1.34. The van der Waals surface area contributed by atoms with Crippen molar-refractivity contribution >= 4 is 23.7 Å². The molecule has 126 valence electrons. The molecule has 0 aliphatic heterocycles. The zero-order valence-electron chi connectivity index (χ0n) is 12.5. The minimum Gasteiger partial charge on any atom is -0.493 e. The van der Waals surface area contributed by atoms with Crippen molar-refractivity contribution in [2.24, 2.45) is 5.10 Å². The summed E-state index contributed by atoms with van der Waals surface area (Å²) in [6, 6.07) is 10.7. The molecule has 0 atom stereocenters. The van der Waals surface area contributed by atoms with Crippen molar-refractivity contribution in [3.63, 3.8) is 0 Å². The molecule has 0 saturated carbocycles. The molecule has 1 amide bonds. The van der Waals surface area contributed by atoms with Crippen LogP contribution in [0.15, 0.2) is 47.6 Å². The number of hydrogen-bond donors (Lipinski definition) is 1. The maximum atomic E-state index is 12.3. The van der Waals surface area contributed by atoms with Crippen molar-refractivity contribution in [2.45, 2.75) is 6.61 Å². The first-order valence-corrected chi connectivity index (χ1v) is 7.09. The third-order valence-corrected chi connectivity index (χ3v) is 3.11. The van der Waals surface area contributed by atoms with Crippen molar-refractivity contribution in [1.29, 1.82) is 0 Å². The van der Waals surface area contributed by atoms with E-state index < -0.39 is 12.5 Å². The van der Waals surface area contributed by atoms with Gasteiger partial charge in [0, 0.05) is 10.6 Å². The molecular formula is C16H13ClF2N2O3. The Morgan fingerprint density at radius 3 is 2.71 bits per heavy atom. The van der Waals surface area contributed by atoms with Crippen molar-refractivity contribution in [1.82, 2.24) is 5.43 Å². The second kappa shape index (κ2) is 8.26. The fraction of sp³-hybridized carbons (Fsp3) is 0.125. The molecule has 0 unspecified atom stereocenters. The number of rotatable bonds is 6. The van der Waals surface area contributed by atoms with E-state index in [2.05, 4.69) is 15.3 Å². The molecular weight excluding hydrogens is 342 g/mol. The molecule has 0 heterocycles. The molecule has 0 bridgehead atoms. The molecule has 0 aliphatic carbocycles. The maximum Gasteiger partial charge on any atom is 0.387 e. The molecule has 1 N–H and O–H groups in total. The number of ether oxygens (including phenoxy) is 2. The van der Waals surface area contributed by atoms with Gasteiger partial charge in [-0.1, -0.05) is 17.7 Å². The van der Waals surface area contributed by atoms with Gasteiger partial charge in [0.05, 0.1) is 13.3 Å². The van der Waals surface area contributed by atoms with E-state index in [1.165, 1.54) is 37.6 Å². The zero-order valence-corrected chi connectivity index (χ0v) is 13.3. The van der Waals surface area contributed by atoms with Crippen LogP contribution in [0.3, 0.4) is 0 Å². The summed E-state index contributed by atoms with van der Waals surface area (Å²) in [4.78, 5) is 11.9. The number of amides is 1. The van der Waals surface area contributed by atoms with Crippen LogP contribution in [0.1, 0.15) is 15.9 Å². The highest BCUT2D eigenvalue weighted by molar-refractivity contribution is 6.30. The zero-order chi connectivity index (χ0) is 17.5. The van der Waals surface area contributed by atoms with Crippen LogP contribution < -0.4 is 14.9 Å². The topological polar surface area (TPSA) is 59.9 Å². The van der Waals surface area contributed by atoms with Gasteiger partial charge in [-0.25, -0.2) is 5.43 Å². The summed E-state index contributed by atoms with van der Waals surface area (Å²) in [5, 5.41) is 4.24. The summed E-state index contributed by atoms with van der Waals surface area (Å²) in [7, 11) is 1.33. The van der Waals surface area contributed by atoms with Crippen molar-refractivity contribution < 1.29 is 23.0 Å². The predicted octanol–water partition coefficient (Wildman–Crippen LogP) is 3.71. The second-order valence-electron chi connectivity index (χ2n) is 4.50. The highest BCUT2D eigenvalue weighted by atomic mass is 35.5. The number of halogens is 3. The Hall–Kier alpha value is -2.67. The fourth-order valence-electron chi connectivity index (χ4n) is 1.82. The van der Waals surface area contributed by atoms with Crippen LogP contribution in [-0.4, -0.2) is 25.8 Å². The van der Waals surface area contributed by atoms with Crippen LogP contribution in [0, 0.1) is 0 Å². The van der Waals surface area contributed by atoms with E-state index in [0.29, 0.717) is 16.1 Å². The van der Waals surface area contributed by atoms with Crippen molar-refractivity contribution in [2.75, 3.05) is 7.11 Å². The molecule has 0 fully saturated rings. The van der Waals surface area contributed by atoms with Gasteiger partial charge in [0.2, 0.25) is 0 Å². The van der Waals surface area contributed by atoms with Crippen LogP contribution in [0.25, 0.3) is 0 Å². The molecule has 2 aromatic rings. The number of benzene rings is 2. The van der Waals surface area contributed by atoms with E-state index in [1.54, 1.807) is 18.2 Å². The van der Waals surface area contributed by atoms with E-state index in [-0.39, 0.29) is 11.5 Å². The molecule has 2 aromatic carbocycles. The molecule has 8 heteroatoms. The van der Waals surface area contributed by atoms with Gasteiger partial charge in [-0.3, -0.25) is 4.79 Å². The molecule has 0 radical (unpaired) electrons. The van der Waals surface area contributed by atoms with Crippen molar-refractivity contribution in [3.05, 3.63) is 58.6 Å². The third kappa shape index (κ3) is 4.92. The number of methoxy groups -OCH3 is 1. The number of nitrogens with zero attached hydrogens (tertiary/aromatic N) is 1. The first-order chi connectivity index (χ1) is 11.5. The van der Waals surface area contributed by atoms with Gasteiger partial charge in [0.15, 0.2) is 11.5 Å². The van der Waals surface area contributed by atoms with Crippen LogP contribution in [0.5, 0.6) is 11.5 Å². The largest absolute Gasteiger partial charge is 0.493 e. The average Bonchev–Trinajstić information content (AvgIpc) is 2.55. The third-order valence-electron chi connectivity index (χ3n) is 2.87. The van der Waals surface area contributed by atoms with Crippen LogP contribution in [0.2, 0.25) is 5.02 Å². The molecule has 0 saturated heterocycles. The Morgan fingerprint density at radius 2 is 2.04 bits per heavy atom. The minimum absolute atomic E-state index is 0.0902. The number of hydrogen-bond acceptors (Lipinski definition) is 4. The summed E-state index contributed by atoms with van der Waals surface area (Å²) in [6.45, 7) is -2.95. The number of hydrazone groups is 1. The van der Waals surface area contributed by atoms with Crippen LogP contribution in [0.4, 0.5) is 8.78 Å². The Labute approximate surface area is 141 Å². The van der Waals surface area contributed by atoms with Gasteiger partial charge in [-0.15, -0.1) is 0 Å². The second-order valence-corrected chi connectivity index (χ2v) is 4.93. The fourth-order valence-corrected chi connectivity index (χ4v) is 2.01. The Kier molecular flexibility index (Phi) is 6.08. The number of carbonyl (C=O) groups excluding carboxylic acids is 1. The van der Waals surface area contributed by atoms with Gasteiger partial charge in [0.1, 0.15) is 0 Å². The Bertz CT molecular complexity index is 754. The quantitative estimate of drug-likeness (QED) is 0.635. The normalized spacial score (nSPS) is 10.9. The lowest BCUT2D eigenvalue weighted by atomic mass is 10.2. The SMILES string of the molecule is COc1cc(/C=N\NC(=O)c2cccc(Cl)c2)ccc1OC(F)F. The van der Waals surface area contributed by atoms with Gasteiger partial charge in [0.25, 0.3) is 5.91 Å². The van der Waals surface area contributed by atoms with E-state index in [9.17, 15) is 13.6 Å². The molecule has 0 aliphatic rings. The van der Waals surface area contributed by atoms with E-state index in [0.717, 1.165) is 0 Å². The smallest absolute Gasteiger partial charge is 0.387 e. The van der Waals surface area contributed by atoms with Gasteiger partial charge in [-0.05, 0) is 42.0 Å². The molecule has 5 nitrogen and oxygen atoms in total. The monoisotopic (exact) mass is 354 g/mol. The van der Waals surface area contributed by atoms with Crippen LogP contribution in [-0.2, 0) is 0 Å². The summed E-state index contributed by atoms with van der Waals surface area (Å²) in [5.41, 5.74) is 3.23. The number of alkyl halides is 2. The lowest BCUT2D eigenvalue weighted by Crippen LogP contribution is -2.17. The lowest BCUT2D eigenvalue weighted by molar-refractivity contribution is -0.0512. The summed E-state index contributed by atoms with van der Waals surface area (Å²) >= 11 is 5.81. The van der Waals surface area contributed by atoms with Crippen LogP contribution >= 0.6 is 11.6 Å². The predicted molar refractivity (Wildman–Crippen MR) is 86.1 cm³/mol. The molecule has 0 spiro atoms. The minimum atomic E-state index is -2.95. The lowest BCUT2D eigenvalue weighted by Gasteiger charge is -2.09. The highest BCUT2D eigenvalue weighted by Gasteiger charge is 2.10. The van der Waals surface area contributed by atoms with Crippen molar-refractivity contribution in [3.8, 4) is 11.5 Å². The average molecular weight is 355 g/mol. The number of carbonyl (C=O) groups is 1. The number of nitrogens with one attached hydrogen (secondary N) is 1. The van der Waals surface area contributed by atoms with Gasteiger partial charge in [-0.2, -0.15) is 13.9 Å². The maximum absolute atomic E-state index is 12.3. The first kappa shape index (κ1) is 17.7. The van der Waals surface area contributed by atoms with Gasteiger partial charge < -0.3 is 9.47 Å². The van der Waals surface area contributed by atoms with E-state index in [1.807, 2.05) is 0 Å². The first-order valence-electron chi connectivity index (χ1n) is 6.71. The standard InChI is InChI=1S/C16H13ClF2N2O3/c1-23-14-7-10(5-6-13(14)24-16(18)19)9-20-21-15(22)11-3-2-4-12(17)8-11/h2-9,16H,1H3,(H,21,22)/b20-9-. The van der Waals surface area contributed by atoms with E-state index in [4.69, 9.17) is 16.3 Å². The molecule has 24 heavy (non-hydrogen) atoms. The molecule has 2 rings (SSSR count). The van der Waals surface area contributed by atoms with Gasteiger partial charge >= 0.3 is 6.61 Å². The highest BCUT2D eigenvalue weighted by Crippen LogP contribution is 2.28. The summed E-state index contributed by atoms with van der Waals surface area (Å²) in [5.74, 6) is -0.397. The Balaban J connectivity index is 2.05. The molecule has 0 aromatic heterocycles.